The number of anilines is 1. The van der Waals surface area contributed by atoms with E-state index in [0.29, 0.717) is 29.7 Å². The number of carbonyl (C=O) groups is 1. The lowest BCUT2D eigenvalue weighted by Gasteiger charge is -2.18. The fourth-order valence-corrected chi connectivity index (χ4v) is 4.63. The SMILES string of the molecule is CCOc1ccccc1NC(=O)C(Sc1nnc(-c2ccoc2C)n1CC)c1ccccc1. The number of nitrogens with one attached hydrogen (secondary N) is 1. The lowest BCUT2D eigenvalue weighted by Crippen LogP contribution is -2.20. The second kappa shape index (κ2) is 10.4. The van der Waals surface area contributed by atoms with Gasteiger partial charge in [0.25, 0.3) is 0 Å². The molecule has 1 amide bonds. The number of hydrogen-bond donors (Lipinski definition) is 1. The summed E-state index contributed by atoms with van der Waals surface area (Å²) in [6.07, 6.45) is 1.64. The van der Waals surface area contributed by atoms with E-state index < -0.39 is 5.25 Å². The number of rotatable bonds is 9. The maximum Gasteiger partial charge on any atom is 0.242 e. The van der Waals surface area contributed by atoms with Crippen molar-refractivity contribution in [3.63, 3.8) is 0 Å². The minimum Gasteiger partial charge on any atom is -0.492 e. The summed E-state index contributed by atoms with van der Waals surface area (Å²) in [5.41, 5.74) is 2.40. The Balaban J connectivity index is 1.66. The number of benzene rings is 2. The van der Waals surface area contributed by atoms with E-state index in [9.17, 15) is 4.79 Å². The Morgan fingerprint density at radius 2 is 1.85 bits per heavy atom. The van der Waals surface area contributed by atoms with E-state index in [2.05, 4.69) is 15.5 Å². The summed E-state index contributed by atoms with van der Waals surface area (Å²) in [5, 5.41) is 12.0. The fraction of sp³-hybridized carbons (Fsp3) is 0.240. The normalized spacial score (nSPS) is 11.8. The van der Waals surface area contributed by atoms with Crippen LogP contribution < -0.4 is 10.1 Å². The zero-order chi connectivity index (χ0) is 23.2. The number of para-hydroxylation sites is 2. The number of ether oxygens (including phenoxy) is 1. The molecule has 0 saturated heterocycles. The molecule has 0 saturated carbocycles. The summed E-state index contributed by atoms with van der Waals surface area (Å²) in [5.74, 6) is 1.98. The molecule has 1 N–H and O–H groups in total. The highest BCUT2D eigenvalue weighted by molar-refractivity contribution is 8.00. The summed E-state index contributed by atoms with van der Waals surface area (Å²) in [4.78, 5) is 13.5. The van der Waals surface area contributed by atoms with Crippen LogP contribution in [0.5, 0.6) is 5.75 Å². The van der Waals surface area contributed by atoms with Gasteiger partial charge in [0.2, 0.25) is 5.91 Å². The van der Waals surface area contributed by atoms with Crippen molar-refractivity contribution in [2.45, 2.75) is 37.7 Å². The zero-order valence-corrected chi connectivity index (χ0v) is 19.6. The van der Waals surface area contributed by atoms with Gasteiger partial charge in [-0.2, -0.15) is 0 Å². The molecule has 7 nitrogen and oxygen atoms in total. The highest BCUT2D eigenvalue weighted by Gasteiger charge is 2.27. The molecule has 0 spiro atoms. The van der Waals surface area contributed by atoms with Crippen LogP contribution in [0.15, 0.2) is 76.5 Å². The Hall–Kier alpha value is -3.52. The Morgan fingerprint density at radius 1 is 1.09 bits per heavy atom. The first-order valence-corrected chi connectivity index (χ1v) is 11.7. The van der Waals surface area contributed by atoms with Crippen LogP contribution in [-0.4, -0.2) is 27.3 Å². The van der Waals surface area contributed by atoms with Gasteiger partial charge >= 0.3 is 0 Å². The van der Waals surface area contributed by atoms with E-state index in [1.54, 1.807) is 6.26 Å². The first-order chi connectivity index (χ1) is 16.1. The van der Waals surface area contributed by atoms with E-state index in [1.165, 1.54) is 11.8 Å². The van der Waals surface area contributed by atoms with E-state index in [1.807, 2.05) is 86.0 Å². The monoisotopic (exact) mass is 462 g/mol. The van der Waals surface area contributed by atoms with Crippen molar-refractivity contribution in [1.29, 1.82) is 0 Å². The third-order valence-corrected chi connectivity index (χ3v) is 6.38. The number of nitrogens with zero attached hydrogens (tertiary/aromatic N) is 3. The Labute approximate surface area is 197 Å². The highest BCUT2D eigenvalue weighted by atomic mass is 32.2. The lowest BCUT2D eigenvalue weighted by molar-refractivity contribution is -0.115. The van der Waals surface area contributed by atoms with Crippen LogP contribution in [0.2, 0.25) is 0 Å². The fourth-order valence-electron chi connectivity index (χ4n) is 3.53. The van der Waals surface area contributed by atoms with Gasteiger partial charge in [-0.25, -0.2) is 0 Å². The van der Waals surface area contributed by atoms with Gasteiger partial charge in [0.05, 0.1) is 24.1 Å². The molecule has 0 aliphatic rings. The smallest absolute Gasteiger partial charge is 0.242 e. The Bertz CT molecular complexity index is 1220. The predicted molar refractivity (Wildman–Crippen MR) is 129 cm³/mol. The maximum atomic E-state index is 13.5. The van der Waals surface area contributed by atoms with Gasteiger partial charge in [-0.05, 0) is 44.5 Å². The van der Waals surface area contributed by atoms with Gasteiger partial charge in [0.15, 0.2) is 11.0 Å². The molecule has 0 bridgehead atoms. The summed E-state index contributed by atoms with van der Waals surface area (Å²) in [7, 11) is 0. The van der Waals surface area contributed by atoms with E-state index in [0.717, 1.165) is 22.7 Å². The molecule has 33 heavy (non-hydrogen) atoms. The van der Waals surface area contributed by atoms with Gasteiger partial charge in [-0.3, -0.25) is 4.79 Å². The summed E-state index contributed by atoms with van der Waals surface area (Å²) in [6.45, 7) is 7.01. The van der Waals surface area contributed by atoms with Crippen molar-refractivity contribution in [2.24, 2.45) is 0 Å². The molecule has 4 aromatic rings. The second-order valence-electron chi connectivity index (χ2n) is 7.27. The van der Waals surface area contributed by atoms with Crippen LogP contribution in [0.25, 0.3) is 11.4 Å². The molecule has 2 aromatic carbocycles. The van der Waals surface area contributed by atoms with Crippen LogP contribution in [-0.2, 0) is 11.3 Å². The van der Waals surface area contributed by atoms with Gasteiger partial charge < -0.3 is 19.0 Å². The van der Waals surface area contributed by atoms with E-state index in [4.69, 9.17) is 9.15 Å². The van der Waals surface area contributed by atoms with Crippen molar-refractivity contribution in [1.82, 2.24) is 14.8 Å². The molecule has 0 aliphatic heterocycles. The van der Waals surface area contributed by atoms with Gasteiger partial charge in [0.1, 0.15) is 16.8 Å². The molecule has 0 fully saturated rings. The molecule has 1 atom stereocenters. The average molecular weight is 463 g/mol. The first kappa shape index (κ1) is 22.7. The van der Waals surface area contributed by atoms with Crippen molar-refractivity contribution in [2.75, 3.05) is 11.9 Å². The lowest BCUT2D eigenvalue weighted by atomic mass is 10.1. The van der Waals surface area contributed by atoms with Crippen molar-refractivity contribution in [3.05, 3.63) is 78.3 Å². The van der Waals surface area contributed by atoms with Gasteiger partial charge in [0, 0.05) is 6.54 Å². The third-order valence-electron chi connectivity index (χ3n) is 5.14. The molecule has 4 rings (SSSR count). The summed E-state index contributed by atoms with van der Waals surface area (Å²) < 4.78 is 13.1. The minimum atomic E-state index is -0.534. The predicted octanol–water partition coefficient (Wildman–Crippen LogP) is 5.74. The number of thioether (sulfide) groups is 1. The van der Waals surface area contributed by atoms with Crippen LogP contribution in [0, 0.1) is 6.92 Å². The van der Waals surface area contributed by atoms with Crippen LogP contribution in [0.4, 0.5) is 5.69 Å². The van der Waals surface area contributed by atoms with Crippen LogP contribution in [0.1, 0.15) is 30.4 Å². The molecular formula is C25H26N4O3S. The average Bonchev–Trinajstić information content (AvgIpc) is 3.44. The second-order valence-corrected chi connectivity index (χ2v) is 8.34. The maximum absolute atomic E-state index is 13.5. The number of carbonyl (C=O) groups excluding carboxylic acids is 1. The number of hydrogen-bond acceptors (Lipinski definition) is 6. The van der Waals surface area contributed by atoms with Gasteiger partial charge in [-0.1, -0.05) is 54.2 Å². The standard InChI is InChI=1S/C25H26N4O3S/c1-4-29-23(19-15-16-32-17(19)3)27-28-25(29)33-22(18-11-7-6-8-12-18)24(30)26-20-13-9-10-14-21(20)31-5-2/h6-16,22H,4-5H2,1-3H3,(H,26,30). The zero-order valence-electron chi connectivity index (χ0n) is 18.8. The largest absolute Gasteiger partial charge is 0.492 e. The molecule has 2 heterocycles. The van der Waals surface area contributed by atoms with Crippen LogP contribution >= 0.6 is 11.8 Å². The number of aromatic nitrogens is 3. The van der Waals surface area contributed by atoms with Gasteiger partial charge in [-0.15, -0.1) is 10.2 Å². The van der Waals surface area contributed by atoms with Crippen molar-refractivity contribution >= 4 is 23.4 Å². The summed E-state index contributed by atoms with van der Waals surface area (Å²) in [6, 6.07) is 19.0. The number of aryl methyl sites for hydroxylation is 1. The minimum absolute atomic E-state index is 0.162. The topological polar surface area (TPSA) is 82.2 Å². The number of amides is 1. The number of furan rings is 1. The molecule has 170 valence electrons. The third kappa shape index (κ3) is 4.96. The molecule has 1 unspecified atom stereocenters. The highest BCUT2D eigenvalue weighted by Crippen LogP contribution is 2.38. The van der Waals surface area contributed by atoms with Crippen LogP contribution in [0.3, 0.4) is 0 Å². The molecular weight excluding hydrogens is 436 g/mol. The summed E-state index contributed by atoms with van der Waals surface area (Å²) >= 11 is 1.37. The molecule has 2 aromatic heterocycles. The Morgan fingerprint density at radius 3 is 2.55 bits per heavy atom. The van der Waals surface area contributed by atoms with Crippen molar-refractivity contribution < 1.29 is 13.9 Å². The molecule has 8 heteroatoms. The van der Waals surface area contributed by atoms with E-state index in [-0.39, 0.29) is 5.91 Å². The first-order valence-electron chi connectivity index (χ1n) is 10.8. The van der Waals surface area contributed by atoms with Crippen molar-refractivity contribution in [3.8, 4) is 17.1 Å². The molecule has 0 aliphatic carbocycles. The molecule has 0 radical (unpaired) electrons. The van der Waals surface area contributed by atoms with E-state index >= 15 is 0 Å². The quantitative estimate of drug-likeness (QED) is 0.320. The Kier molecular flexibility index (Phi) is 7.14.